The number of imidazole rings is 1. The highest BCUT2D eigenvalue weighted by Crippen LogP contribution is 2.17. The number of nitrogens with one attached hydrogen (secondary N) is 1. The van der Waals surface area contributed by atoms with Gasteiger partial charge in [-0.25, -0.2) is 4.98 Å². The molecule has 0 amide bonds. The summed E-state index contributed by atoms with van der Waals surface area (Å²) in [6.45, 7) is 8.22. The molecule has 0 fully saturated rings. The fourth-order valence-corrected chi connectivity index (χ4v) is 3.13. The van der Waals surface area contributed by atoms with E-state index in [1.165, 1.54) is 16.6 Å². The molecule has 1 heterocycles. The van der Waals surface area contributed by atoms with Gasteiger partial charge in [0.15, 0.2) is 0 Å². The first kappa shape index (κ1) is 17.6. The maximum absolute atomic E-state index is 5.57. The number of hydrogen-bond acceptors (Lipinski definition) is 3. The maximum Gasteiger partial charge on any atom is 0.123 e. The third-order valence-electron chi connectivity index (χ3n) is 4.36. The Bertz CT molecular complexity index is 810. The first-order valence-electron chi connectivity index (χ1n) is 9.12. The van der Waals surface area contributed by atoms with Crippen LogP contribution < -0.4 is 5.32 Å². The molecule has 0 spiro atoms. The molecule has 0 radical (unpaired) electrons. The molecule has 0 atom stereocenters. The van der Waals surface area contributed by atoms with E-state index in [4.69, 9.17) is 9.72 Å². The van der Waals surface area contributed by atoms with Gasteiger partial charge in [-0.05, 0) is 36.6 Å². The topological polar surface area (TPSA) is 39.1 Å². The van der Waals surface area contributed by atoms with E-state index >= 15 is 0 Å². The molecule has 3 rings (SSSR count). The average molecular weight is 337 g/mol. The van der Waals surface area contributed by atoms with E-state index in [2.05, 4.69) is 59.3 Å². The molecule has 0 bridgehead atoms. The molecule has 1 aromatic heterocycles. The van der Waals surface area contributed by atoms with Gasteiger partial charge in [0.2, 0.25) is 0 Å². The summed E-state index contributed by atoms with van der Waals surface area (Å²) in [5.74, 6) is 1.10. The van der Waals surface area contributed by atoms with Crippen molar-refractivity contribution in [3.05, 3.63) is 65.5 Å². The Hall–Kier alpha value is -2.17. The van der Waals surface area contributed by atoms with E-state index in [0.717, 1.165) is 44.0 Å². The Labute approximate surface area is 149 Å². The number of para-hydroxylation sites is 2. The normalized spacial score (nSPS) is 11.3. The minimum atomic E-state index is 0.669. The lowest BCUT2D eigenvalue weighted by molar-refractivity contribution is 0.133. The van der Waals surface area contributed by atoms with Gasteiger partial charge in [-0.15, -0.1) is 0 Å². The molecule has 4 nitrogen and oxygen atoms in total. The zero-order valence-electron chi connectivity index (χ0n) is 15.2. The predicted octanol–water partition coefficient (Wildman–Crippen LogP) is 4.27. The third-order valence-corrected chi connectivity index (χ3v) is 4.36. The monoisotopic (exact) mass is 337 g/mol. The fraction of sp³-hybridized carbons (Fsp3) is 0.381. The SMILES string of the molecule is CCCn1c(CNCc2ccccc2COCC)nc2ccccc21. The molecular formula is C21H27N3O. The number of ether oxygens (including phenoxy) is 1. The van der Waals surface area contributed by atoms with Crippen molar-refractivity contribution in [2.24, 2.45) is 0 Å². The fourth-order valence-electron chi connectivity index (χ4n) is 3.13. The van der Waals surface area contributed by atoms with Crippen LogP contribution in [0.1, 0.15) is 37.2 Å². The van der Waals surface area contributed by atoms with Gasteiger partial charge < -0.3 is 14.6 Å². The number of hydrogen-bond donors (Lipinski definition) is 1. The van der Waals surface area contributed by atoms with Crippen LogP contribution in [0.5, 0.6) is 0 Å². The molecule has 1 N–H and O–H groups in total. The Kier molecular flexibility index (Phi) is 6.20. The molecule has 0 aliphatic heterocycles. The number of benzene rings is 2. The van der Waals surface area contributed by atoms with Crippen LogP contribution in [0.15, 0.2) is 48.5 Å². The zero-order valence-corrected chi connectivity index (χ0v) is 15.2. The van der Waals surface area contributed by atoms with Gasteiger partial charge in [0, 0.05) is 19.7 Å². The van der Waals surface area contributed by atoms with Crippen molar-refractivity contribution in [2.75, 3.05) is 6.61 Å². The van der Waals surface area contributed by atoms with Gasteiger partial charge in [-0.3, -0.25) is 0 Å². The Morgan fingerprint density at radius 3 is 2.52 bits per heavy atom. The molecule has 0 saturated carbocycles. The molecular weight excluding hydrogens is 310 g/mol. The summed E-state index contributed by atoms with van der Waals surface area (Å²) < 4.78 is 7.90. The zero-order chi connectivity index (χ0) is 17.5. The number of rotatable bonds is 9. The van der Waals surface area contributed by atoms with Crippen LogP contribution in [0.2, 0.25) is 0 Å². The number of aromatic nitrogens is 2. The third kappa shape index (κ3) is 4.27. The van der Waals surface area contributed by atoms with Crippen molar-refractivity contribution in [2.45, 2.75) is 46.5 Å². The molecule has 0 unspecified atom stereocenters. The van der Waals surface area contributed by atoms with Crippen molar-refractivity contribution >= 4 is 11.0 Å². The Balaban J connectivity index is 1.70. The van der Waals surface area contributed by atoms with Crippen LogP contribution >= 0.6 is 0 Å². The van der Waals surface area contributed by atoms with Crippen LogP contribution in [0.3, 0.4) is 0 Å². The molecule has 0 saturated heterocycles. The van der Waals surface area contributed by atoms with Crippen molar-refractivity contribution < 1.29 is 4.74 Å². The van der Waals surface area contributed by atoms with Crippen LogP contribution in [-0.4, -0.2) is 16.2 Å². The van der Waals surface area contributed by atoms with E-state index in [-0.39, 0.29) is 0 Å². The summed E-state index contributed by atoms with van der Waals surface area (Å²) in [5.41, 5.74) is 4.83. The van der Waals surface area contributed by atoms with Gasteiger partial charge in [0.25, 0.3) is 0 Å². The van der Waals surface area contributed by atoms with E-state index in [1.807, 2.05) is 13.0 Å². The van der Waals surface area contributed by atoms with Gasteiger partial charge in [0.05, 0.1) is 24.2 Å². The quantitative estimate of drug-likeness (QED) is 0.634. The van der Waals surface area contributed by atoms with E-state index in [9.17, 15) is 0 Å². The minimum absolute atomic E-state index is 0.669. The summed E-state index contributed by atoms with van der Waals surface area (Å²) in [6.07, 6.45) is 1.10. The molecule has 132 valence electrons. The van der Waals surface area contributed by atoms with E-state index in [1.54, 1.807) is 0 Å². The maximum atomic E-state index is 5.57. The van der Waals surface area contributed by atoms with Crippen molar-refractivity contribution in [1.82, 2.24) is 14.9 Å². The largest absolute Gasteiger partial charge is 0.377 e. The first-order valence-corrected chi connectivity index (χ1v) is 9.12. The second-order valence-electron chi connectivity index (χ2n) is 6.18. The van der Waals surface area contributed by atoms with E-state index in [0.29, 0.717) is 6.61 Å². The highest BCUT2D eigenvalue weighted by atomic mass is 16.5. The van der Waals surface area contributed by atoms with Gasteiger partial charge >= 0.3 is 0 Å². The van der Waals surface area contributed by atoms with Crippen LogP contribution in [0.4, 0.5) is 0 Å². The molecule has 25 heavy (non-hydrogen) atoms. The molecule has 4 heteroatoms. The summed E-state index contributed by atoms with van der Waals surface area (Å²) >= 11 is 0. The lowest BCUT2D eigenvalue weighted by Crippen LogP contribution is -2.18. The van der Waals surface area contributed by atoms with Gasteiger partial charge in [0.1, 0.15) is 5.82 Å². The average Bonchev–Trinajstić information content (AvgIpc) is 2.99. The second-order valence-corrected chi connectivity index (χ2v) is 6.18. The van der Waals surface area contributed by atoms with Gasteiger partial charge in [-0.2, -0.15) is 0 Å². The Morgan fingerprint density at radius 2 is 1.72 bits per heavy atom. The predicted molar refractivity (Wildman–Crippen MR) is 102 cm³/mol. The molecule has 0 aliphatic rings. The lowest BCUT2D eigenvalue weighted by atomic mass is 10.1. The minimum Gasteiger partial charge on any atom is -0.377 e. The standard InChI is InChI=1S/C21H27N3O/c1-3-13-24-20-12-8-7-11-19(20)23-21(24)15-22-14-17-9-5-6-10-18(17)16-25-4-2/h5-12,22H,3-4,13-16H2,1-2H3. The molecule has 2 aromatic carbocycles. The number of fused-ring (bicyclic) bond motifs is 1. The summed E-state index contributed by atoms with van der Waals surface area (Å²) in [6, 6.07) is 16.8. The van der Waals surface area contributed by atoms with Crippen molar-refractivity contribution in [1.29, 1.82) is 0 Å². The summed E-state index contributed by atoms with van der Waals surface area (Å²) in [4.78, 5) is 4.81. The highest BCUT2D eigenvalue weighted by Gasteiger charge is 2.09. The number of nitrogens with zero attached hydrogens (tertiary/aromatic N) is 2. The highest BCUT2D eigenvalue weighted by molar-refractivity contribution is 5.75. The second kappa shape index (κ2) is 8.79. The van der Waals surface area contributed by atoms with Crippen LogP contribution in [0, 0.1) is 0 Å². The van der Waals surface area contributed by atoms with Crippen LogP contribution in [-0.2, 0) is 31.0 Å². The summed E-state index contributed by atoms with van der Waals surface area (Å²) in [5, 5.41) is 3.56. The number of aryl methyl sites for hydroxylation is 1. The van der Waals surface area contributed by atoms with Crippen molar-refractivity contribution in [3.8, 4) is 0 Å². The Morgan fingerprint density at radius 1 is 0.960 bits per heavy atom. The summed E-state index contributed by atoms with van der Waals surface area (Å²) in [7, 11) is 0. The van der Waals surface area contributed by atoms with Crippen molar-refractivity contribution in [3.63, 3.8) is 0 Å². The van der Waals surface area contributed by atoms with Gasteiger partial charge in [-0.1, -0.05) is 43.3 Å². The molecule has 0 aliphatic carbocycles. The lowest BCUT2D eigenvalue weighted by Gasteiger charge is -2.12. The van der Waals surface area contributed by atoms with E-state index < -0.39 is 0 Å². The first-order chi connectivity index (χ1) is 12.3. The molecule has 3 aromatic rings. The smallest absolute Gasteiger partial charge is 0.123 e. The van der Waals surface area contributed by atoms with Crippen LogP contribution in [0.25, 0.3) is 11.0 Å².